The Hall–Kier alpha value is -3.88. The Morgan fingerprint density at radius 1 is 1.07 bits per heavy atom. The first-order valence-electron chi connectivity index (χ1n) is 8.04. The highest BCUT2D eigenvalue weighted by molar-refractivity contribution is 6.13. The second-order valence-corrected chi connectivity index (χ2v) is 5.57. The fourth-order valence-corrected chi connectivity index (χ4v) is 2.67. The van der Waals surface area contributed by atoms with Gasteiger partial charge in [-0.2, -0.15) is 0 Å². The minimum absolute atomic E-state index is 0.0145. The van der Waals surface area contributed by atoms with E-state index in [9.17, 15) is 14.9 Å². The molecule has 2 aromatic rings. The molecule has 0 fully saturated rings. The molecule has 9 nitrogen and oxygen atoms in total. The Bertz CT molecular complexity index is 1010. The Morgan fingerprint density at radius 3 is 2.46 bits per heavy atom. The molecule has 0 aromatic heterocycles. The maximum absolute atomic E-state index is 12.2. The van der Waals surface area contributed by atoms with E-state index in [4.69, 9.17) is 18.9 Å². The first-order chi connectivity index (χ1) is 13.5. The molecule has 0 spiro atoms. The number of nitro benzene ring substituents is 1. The van der Waals surface area contributed by atoms with Gasteiger partial charge in [0.1, 0.15) is 0 Å². The van der Waals surface area contributed by atoms with Crippen LogP contribution < -0.4 is 14.2 Å². The number of nitrogens with zero attached hydrogens (tertiary/aromatic N) is 2. The van der Waals surface area contributed by atoms with Gasteiger partial charge in [0, 0.05) is 23.3 Å². The van der Waals surface area contributed by atoms with E-state index in [1.54, 1.807) is 18.2 Å². The van der Waals surface area contributed by atoms with Crippen LogP contribution in [0, 0.1) is 10.1 Å². The molecule has 0 aliphatic carbocycles. The van der Waals surface area contributed by atoms with Crippen LogP contribution in [0.2, 0.25) is 0 Å². The number of carbonyl (C=O) groups is 1. The lowest BCUT2D eigenvalue weighted by Crippen LogP contribution is -2.05. The number of aliphatic imine (C=N–C) groups is 1. The van der Waals surface area contributed by atoms with Crippen LogP contribution in [-0.4, -0.2) is 38.1 Å². The number of hydrogen-bond donors (Lipinski definition) is 0. The summed E-state index contributed by atoms with van der Waals surface area (Å²) in [5, 5.41) is 10.9. The molecule has 1 aliphatic rings. The van der Waals surface area contributed by atoms with E-state index < -0.39 is 10.9 Å². The standard InChI is InChI=1S/C19H16N2O7/c1-25-15-8-7-11(16(26-2)17(15)27-3)10-14-19(22)28-18(20-14)12-5-4-6-13(9-12)21(23)24/h4-10H,1-3H3/b14-10-. The van der Waals surface area contributed by atoms with Crippen molar-refractivity contribution < 1.29 is 28.7 Å². The number of rotatable bonds is 6. The van der Waals surface area contributed by atoms with E-state index in [1.165, 1.54) is 45.6 Å². The van der Waals surface area contributed by atoms with Crippen molar-refractivity contribution in [2.75, 3.05) is 21.3 Å². The summed E-state index contributed by atoms with van der Waals surface area (Å²) in [6.45, 7) is 0. The lowest BCUT2D eigenvalue weighted by molar-refractivity contribution is -0.384. The number of nitro groups is 1. The molecule has 0 saturated carbocycles. The summed E-state index contributed by atoms with van der Waals surface area (Å²) < 4.78 is 21.1. The van der Waals surface area contributed by atoms with Gasteiger partial charge >= 0.3 is 5.97 Å². The van der Waals surface area contributed by atoms with Crippen molar-refractivity contribution in [3.63, 3.8) is 0 Å². The van der Waals surface area contributed by atoms with Gasteiger partial charge in [-0.3, -0.25) is 10.1 Å². The van der Waals surface area contributed by atoms with Crippen LogP contribution in [0.25, 0.3) is 6.08 Å². The molecular weight excluding hydrogens is 368 g/mol. The second kappa shape index (κ2) is 7.78. The highest BCUT2D eigenvalue weighted by Crippen LogP contribution is 2.40. The van der Waals surface area contributed by atoms with Crippen LogP contribution in [0.5, 0.6) is 17.2 Å². The number of cyclic esters (lactones) is 1. The fraction of sp³-hybridized carbons (Fsp3) is 0.158. The third-order valence-electron chi connectivity index (χ3n) is 3.95. The summed E-state index contributed by atoms with van der Waals surface area (Å²) in [7, 11) is 4.43. The first kappa shape index (κ1) is 18.9. The molecule has 144 valence electrons. The van der Waals surface area contributed by atoms with Gasteiger partial charge in [0.2, 0.25) is 11.6 Å². The van der Waals surface area contributed by atoms with Crippen molar-refractivity contribution in [1.82, 2.24) is 0 Å². The number of carbonyl (C=O) groups excluding carboxylic acids is 1. The average Bonchev–Trinajstić information content (AvgIpc) is 3.07. The predicted octanol–water partition coefficient (Wildman–Crippen LogP) is 2.97. The minimum Gasteiger partial charge on any atom is -0.493 e. The summed E-state index contributed by atoms with van der Waals surface area (Å²) in [4.78, 5) is 26.8. The van der Waals surface area contributed by atoms with Crippen LogP contribution >= 0.6 is 0 Å². The molecule has 0 N–H and O–H groups in total. The Morgan fingerprint density at radius 2 is 1.82 bits per heavy atom. The van der Waals surface area contributed by atoms with Crippen LogP contribution in [0.4, 0.5) is 5.69 Å². The van der Waals surface area contributed by atoms with E-state index in [0.29, 0.717) is 28.4 Å². The number of benzene rings is 2. The van der Waals surface area contributed by atoms with Crippen molar-refractivity contribution in [2.24, 2.45) is 4.99 Å². The zero-order valence-electron chi connectivity index (χ0n) is 15.3. The SMILES string of the molecule is COc1ccc(/C=C2\N=C(c3cccc([N+](=O)[O-])c3)OC2=O)c(OC)c1OC. The fourth-order valence-electron chi connectivity index (χ4n) is 2.67. The van der Waals surface area contributed by atoms with Crippen LogP contribution in [0.3, 0.4) is 0 Å². The van der Waals surface area contributed by atoms with Gasteiger partial charge in [-0.1, -0.05) is 6.07 Å². The van der Waals surface area contributed by atoms with E-state index in [-0.39, 0.29) is 17.3 Å². The van der Waals surface area contributed by atoms with Crippen LogP contribution in [0.15, 0.2) is 47.1 Å². The Balaban J connectivity index is 2.03. The molecule has 3 rings (SSSR count). The van der Waals surface area contributed by atoms with Gasteiger partial charge in [-0.15, -0.1) is 0 Å². The van der Waals surface area contributed by atoms with E-state index >= 15 is 0 Å². The normalized spacial score (nSPS) is 14.5. The van der Waals surface area contributed by atoms with Gasteiger partial charge < -0.3 is 18.9 Å². The Labute approximate surface area is 160 Å². The topological polar surface area (TPSA) is 109 Å². The van der Waals surface area contributed by atoms with E-state index in [1.807, 2.05) is 0 Å². The largest absolute Gasteiger partial charge is 0.493 e. The van der Waals surface area contributed by atoms with E-state index in [2.05, 4.69) is 4.99 Å². The van der Waals surface area contributed by atoms with Crippen molar-refractivity contribution in [1.29, 1.82) is 0 Å². The average molecular weight is 384 g/mol. The third-order valence-corrected chi connectivity index (χ3v) is 3.95. The molecule has 0 saturated heterocycles. The lowest BCUT2D eigenvalue weighted by atomic mass is 10.1. The smallest absolute Gasteiger partial charge is 0.363 e. The van der Waals surface area contributed by atoms with Gasteiger partial charge in [-0.25, -0.2) is 9.79 Å². The highest BCUT2D eigenvalue weighted by atomic mass is 16.6. The number of esters is 1. The molecule has 0 unspecified atom stereocenters. The summed E-state index contributed by atoms with van der Waals surface area (Å²) >= 11 is 0. The predicted molar refractivity (Wildman–Crippen MR) is 99.8 cm³/mol. The van der Waals surface area contributed by atoms with Gasteiger partial charge in [-0.05, 0) is 24.3 Å². The number of methoxy groups -OCH3 is 3. The highest BCUT2D eigenvalue weighted by Gasteiger charge is 2.26. The third kappa shape index (κ3) is 3.50. The van der Waals surface area contributed by atoms with Gasteiger partial charge in [0.15, 0.2) is 17.2 Å². The number of ether oxygens (including phenoxy) is 4. The molecule has 28 heavy (non-hydrogen) atoms. The summed E-state index contributed by atoms with van der Waals surface area (Å²) in [6, 6.07) is 9.03. The molecule has 1 heterocycles. The summed E-state index contributed by atoms with van der Waals surface area (Å²) in [5.74, 6) is 0.503. The van der Waals surface area contributed by atoms with Gasteiger partial charge in [0.05, 0.1) is 26.3 Å². The molecule has 9 heteroatoms. The lowest BCUT2D eigenvalue weighted by Gasteiger charge is -2.14. The van der Waals surface area contributed by atoms with Crippen molar-refractivity contribution in [3.05, 3.63) is 63.3 Å². The second-order valence-electron chi connectivity index (χ2n) is 5.57. The van der Waals surface area contributed by atoms with E-state index in [0.717, 1.165) is 0 Å². The van der Waals surface area contributed by atoms with Crippen molar-refractivity contribution >= 4 is 23.6 Å². The molecule has 0 amide bonds. The zero-order valence-corrected chi connectivity index (χ0v) is 15.3. The molecule has 0 radical (unpaired) electrons. The molecule has 2 aromatic carbocycles. The Kier molecular flexibility index (Phi) is 5.25. The minimum atomic E-state index is -0.682. The maximum atomic E-state index is 12.2. The number of non-ortho nitro benzene ring substituents is 1. The van der Waals surface area contributed by atoms with Gasteiger partial charge in [0.25, 0.3) is 5.69 Å². The molecule has 0 atom stereocenters. The van der Waals surface area contributed by atoms with Crippen LogP contribution in [0.1, 0.15) is 11.1 Å². The summed E-state index contributed by atoms with van der Waals surface area (Å²) in [6.07, 6.45) is 1.48. The molecule has 0 bridgehead atoms. The monoisotopic (exact) mass is 384 g/mol. The van der Waals surface area contributed by atoms with Crippen LogP contribution in [-0.2, 0) is 9.53 Å². The maximum Gasteiger partial charge on any atom is 0.363 e. The molecular formula is C19H16N2O7. The van der Waals surface area contributed by atoms with Crippen molar-refractivity contribution in [2.45, 2.75) is 0 Å². The quantitative estimate of drug-likeness (QED) is 0.326. The zero-order chi connectivity index (χ0) is 20.3. The number of hydrogen-bond acceptors (Lipinski definition) is 8. The summed E-state index contributed by atoms with van der Waals surface area (Å²) in [5.41, 5.74) is 0.739. The first-order valence-corrected chi connectivity index (χ1v) is 8.04. The van der Waals surface area contributed by atoms with Crippen molar-refractivity contribution in [3.8, 4) is 17.2 Å². The molecule has 1 aliphatic heterocycles.